The Balaban J connectivity index is 2.11. The number of aromatic nitrogens is 2. The molecular weight excluding hydrogens is 190 g/mol. The zero-order chi connectivity index (χ0) is 10.3. The molecule has 0 bridgehead atoms. The topological polar surface area (TPSA) is 52.5 Å². The molecule has 0 atom stereocenters. The summed E-state index contributed by atoms with van der Waals surface area (Å²) < 4.78 is 2.12. The molecule has 0 aliphatic heterocycles. The van der Waals surface area contributed by atoms with Gasteiger partial charge in [-0.2, -0.15) is 0 Å². The van der Waals surface area contributed by atoms with Crippen molar-refractivity contribution < 1.29 is 4.84 Å². The summed E-state index contributed by atoms with van der Waals surface area (Å²) in [5.41, 5.74) is 2.30. The molecule has 2 aromatic heterocycles. The monoisotopic (exact) mass is 203 g/mol. The van der Waals surface area contributed by atoms with Gasteiger partial charge in [-0.3, -0.25) is 0 Å². The molecular formula is C11H13N3O. The van der Waals surface area contributed by atoms with Crippen LogP contribution in [0.5, 0.6) is 0 Å². The van der Waals surface area contributed by atoms with Gasteiger partial charge in [0.05, 0.1) is 12.3 Å². The van der Waals surface area contributed by atoms with E-state index in [0.717, 1.165) is 18.5 Å². The smallest absolute Gasteiger partial charge is 0.136 e. The average molecular weight is 203 g/mol. The molecule has 3 rings (SSSR count). The van der Waals surface area contributed by atoms with Crippen molar-refractivity contribution in [1.82, 2.24) is 9.38 Å². The van der Waals surface area contributed by atoms with E-state index in [-0.39, 0.29) is 5.41 Å². The van der Waals surface area contributed by atoms with E-state index in [1.807, 2.05) is 30.6 Å². The van der Waals surface area contributed by atoms with Gasteiger partial charge in [-0.15, -0.1) is 0 Å². The first-order valence-corrected chi connectivity index (χ1v) is 5.10. The summed E-state index contributed by atoms with van der Waals surface area (Å²) in [5, 5.41) is 0. The summed E-state index contributed by atoms with van der Waals surface area (Å²) in [5.74, 6) is 5.18. The largest absolute Gasteiger partial charge is 0.304 e. The van der Waals surface area contributed by atoms with Crippen molar-refractivity contribution in [3.05, 3.63) is 36.3 Å². The second kappa shape index (κ2) is 3.05. The van der Waals surface area contributed by atoms with Crippen LogP contribution < -0.4 is 5.90 Å². The molecule has 1 saturated carbocycles. The van der Waals surface area contributed by atoms with Crippen molar-refractivity contribution in [3.63, 3.8) is 0 Å². The normalized spacial score (nSPS) is 18.2. The highest BCUT2D eigenvalue weighted by molar-refractivity contribution is 5.43. The molecule has 4 nitrogen and oxygen atoms in total. The van der Waals surface area contributed by atoms with Crippen LogP contribution in [0.15, 0.2) is 30.6 Å². The van der Waals surface area contributed by atoms with Gasteiger partial charge in [0.25, 0.3) is 0 Å². The highest BCUT2D eigenvalue weighted by Gasteiger charge is 2.46. The summed E-state index contributed by atoms with van der Waals surface area (Å²) in [7, 11) is 0. The van der Waals surface area contributed by atoms with Gasteiger partial charge in [0.1, 0.15) is 5.65 Å². The molecule has 0 radical (unpaired) electrons. The SMILES string of the molecule is NOCC1(c2cnc3ccccn23)CC1. The summed E-state index contributed by atoms with van der Waals surface area (Å²) in [6.45, 7) is 0.579. The molecule has 0 aromatic carbocycles. The summed E-state index contributed by atoms with van der Waals surface area (Å²) in [6, 6.07) is 6.01. The lowest BCUT2D eigenvalue weighted by atomic mass is 10.1. The minimum Gasteiger partial charge on any atom is -0.304 e. The zero-order valence-electron chi connectivity index (χ0n) is 8.39. The van der Waals surface area contributed by atoms with Crippen molar-refractivity contribution >= 4 is 5.65 Å². The number of hydrogen-bond acceptors (Lipinski definition) is 3. The van der Waals surface area contributed by atoms with E-state index < -0.39 is 0 Å². The van der Waals surface area contributed by atoms with Crippen LogP contribution in [0.25, 0.3) is 5.65 Å². The van der Waals surface area contributed by atoms with Crippen molar-refractivity contribution in [2.45, 2.75) is 18.3 Å². The minimum atomic E-state index is 0.107. The Bertz CT molecular complexity index is 487. The Hall–Kier alpha value is -1.39. The molecule has 2 N–H and O–H groups in total. The first kappa shape index (κ1) is 8.88. The van der Waals surface area contributed by atoms with Gasteiger partial charge in [0.15, 0.2) is 0 Å². The highest BCUT2D eigenvalue weighted by Crippen LogP contribution is 2.48. The quantitative estimate of drug-likeness (QED) is 0.764. The van der Waals surface area contributed by atoms with E-state index in [9.17, 15) is 0 Å². The summed E-state index contributed by atoms with van der Waals surface area (Å²) >= 11 is 0. The van der Waals surface area contributed by atoms with Crippen LogP contribution in [0.3, 0.4) is 0 Å². The Labute approximate surface area is 87.6 Å². The van der Waals surface area contributed by atoms with Gasteiger partial charge in [-0.1, -0.05) is 6.07 Å². The standard InChI is InChI=1S/C11H13N3O/c12-15-8-11(4-5-11)9-7-13-10-3-1-2-6-14(9)10/h1-3,6-7H,4-5,8,12H2. The second-order valence-electron chi connectivity index (χ2n) is 4.16. The Morgan fingerprint density at radius 2 is 2.33 bits per heavy atom. The molecule has 1 aliphatic carbocycles. The number of pyridine rings is 1. The van der Waals surface area contributed by atoms with Crippen LogP contribution in [0.4, 0.5) is 0 Å². The van der Waals surface area contributed by atoms with Gasteiger partial charge in [-0.05, 0) is 25.0 Å². The van der Waals surface area contributed by atoms with Crippen molar-refractivity contribution in [1.29, 1.82) is 0 Å². The van der Waals surface area contributed by atoms with Crippen LogP contribution in [0.2, 0.25) is 0 Å². The number of imidazole rings is 1. The summed E-state index contributed by atoms with van der Waals surface area (Å²) in [6.07, 6.45) is 6.23. The van der Waals surface area contributed by atoms with E-state index >= 15 is 0 Å². The van der Waals surface area contributed by atoms with Gasteiger partial charge in [0, 0.05) is 17.8 Å². The van der Waals surface area contributed by atoms with Gasteiger partial charge in [0.2, 0.25) is 0 Å². The third-order valence-corrected chi connectivity index (χ3v) is 3.17. The molecule has 78 valence electrons. The number of fused-ring (bicyclic) bond motifs is 1. The highest BCUT2D eigenvalue weighted by atomic mass is 16.6. The Morgan fingerprint density at radius 3 is 3.07 bits per heavy atom. The minimum absolute atomic E-state index is 0.107. The zero-order valence-corrected chi connectivity index (χ0v) is 8.39. The molecule has 4 heteroatoms. The maximum absolute atomic E-state index is 5.18. The first-order valence-electron chi connectivity index (χ1n) is 5.10. The maximum atomic E-state index is 5.18. The lowest BCUT2D eigenvalue weighted by Gasteiger charge is -2.12. The fourth-order valence-corrected chi connectivity index (χ4v) is 2.11. The van der Waals surface area contributed by atoms with E-state index in [4.69, 9.17) is 10.7 Å². The predicted octanol–water partition coefficient (Wildman–Crippen LogP) is 1.26. The van der Waals surface area contributed by atoms with E-state index in [1.54, 1.807) is 0 Å². The third kappa shape index (κ3) is 1.26. The number of rotatable bonds is 3. The number of nitrogens with two attached hydrogens (primary N) is 1. The maximum Gasteiger partial charge on any atom is 0.136 e. The van der Waals surface area contributed by atoms with Gasteiger partial charge >= 0.3 is 0 Å². The molecule has 0 unspecified atom stereocenters. The Morgan fingerprint density at radius 1 is 1.47 bits per heavy atom. The number of nitrogens with zero attached hydrogens (tertiary/aromatic N) is 2. The van der Waals surface area contributed by atoms with Crippen LogP contribution >= 0.6 is 0 Å². The van der Waals surface area contributed by atoms with Crippen LogP contribution in [-0.2, 0) is 10.3 Å². The predicted molar refractivity (Wildman–Crippen MR) is 56.2 cm³/mol. The van der Waals surface area contributed by atoms with Crippen LogP contribution in [0, 0.1) is 0 Å². The molecule has 0 amide bonds. The lowest BCUT2D eigenvalue weighted by molar-refractivity contribution is 0.114. The van der Waals surface area contributed by atoms with Gasteiger partial charge in [-0.25, -0.2) is 10.9 Å². The Kier molecular flexibility index (Phi) is 1.81. The van der Waals surface area contributed by atoms with Crippen molar-refractivity contribution in [2.24, 2.45) is 5.90 Å². The number of hydrogen-bond donors (Lipinski definition) is 1. The molecule has 1 fully saturated rings. The van der Waals surface area contributed by atoms with E-state index in [1.165, 1.54) is 5.69 Å². The lowest BCUT2D eigenvalue weighted by Crippen LogP contribution is -2.19. The first-order chi connectivity index (χ1) is 7.36. The van der Waals surface area contributed by atoms with Gasteiger partial charge < -0.3 is 9.24 Å². The van der Waals surface area contributed by atoms with Crippen LogP contribution in [-0.4, -0.2) is 16.0 Å². The molecule has 15 heavy (non-hydrogen) atoms. The van der Waals surface area contributed by atoms with Crippen LogP contribution in [0.1, 0.15) is 18.5 Å². The molecule has 1 aliphatic rings. The fourth-order valence-electron chi connectivity index (χ4n) is 2.11. The molecule has 2 heterocycles. The molecule has 2 aromatic rings. The fraction of sp³-hybridized carbons (Fsp3) is 0.364. The van der Waals surface area contributed by atoms with E-state index in [2.05, 4.69) is 9.38 Å². The average Bonchev–Trinajstić information content (AvgIpc) is 2.91. The molecule has 0 spiro atoms. The van der Waals surface area contributed by atoms with Crippen molar-refractivity contribution in [2.75, 3.05) is 6.61 Å². The molecule has 0 saturated heterocycles. The second-order valence-corrected chi connectivity index (χ2v) is 4.16. The summed E-state index contributed by atoms with van der Waals surface area (Å²) in [4.78, 5) is 9.17. The third-order valence-electron chi connectivity index (χ3n) is 3.17. The van der Waals surface area contributed by atoms with E-state index in [0.29, 0.717) is 6.61 Å². The van der Waals surface area contributed by atoms with Crippen molar-refractivity contribution in [3.8, 4) is 0 Å².